The van der Waals surface area contributed by atoms with Gasteiger partial charge in [-0.3, -0.25) is 0 Å². The first-order valence-electron chi connectivity index (χ1n) is 6.42. The van der Waals surface area contributed by atoms with Crippen molar-refractivity contribution < 1.29 is 23.8 Å². The van der Waals surface area contributed by atoms with Crippen molar-refractivity contribution in [3.63, 3.8) is 0 Å². The molecule has 21 heavy (non-hydrogen) atoms. The molecule has 1 atom stereocenters. The van der Waals surface area contributed by atoms with Crippen LogP contribution >= 0.6 is 0 Å². The summed E-state index contributed by atoms with van der Waals surface area (Å²) < 4.78 is 17.6. The maximum Gasteiger partial charge on any atom is 0.326 e. The van der Waals surface area contributed by atoms with E-state index < -0.39 is 18.0 Å². The Kier molecular flexibility index (Phi) is 6.61. The fraction of sp³-hybridized carbons (Fsp3) is 0.429. The van der Waals surface area contributed by atoms with Crippen LogP contribution in [0.1, 0.15) is 12.0 Å². The van der Waals surface area contributed by atoms with Gasteiger partial charge in [0.15, 0.2) is 0 Å². The third-order valence-electron chi connectivity index (χ3n) is 2.89. The molecular weight excluding hydrogens is 279 g/mol. The molecule has 0 aliphatic carbocycles. The van der Waals surface area contributed by atoms with Crippen molar-refractivity contribution in [2.45, 2.75) is 19.0 Å². The first kappa shape index (κ1) is 16.9. The Labute approximate surface area is 122 Å². The molecule has 6 nitrogen and oxygen atoms in total. The summed E-state index contributed by atoms with van der Waals surface area (Å²) in [5, 5.41) is 11.4. The lowest BCUT2D eigenvalue weighted by Crippen LogP contribution is -2.46. The Morgan fingerprint density at radius 3 is 2.52 bits per heavy atom. The van der Waals surface area contributed by atoms with Crippen LogP contribution in [-0.4, -0.2) is 48.8 Å². The van der Waals surface area contributed by atoms with E-state index in [2.05, 4.69) is 5.32 Å². The topological polar surface area (TPSA) is 78.9 Å². The lowest BCUT2D eigenvalue weighted by molar-refractivity contribution is -0.139. The summed E-state index contributed by atoms with van der Waals surface area (Å²) in [6.07, 6.45) is 0.183. The van der Waals surface area contributed by atoms with Crippen LogP contribution in [0.15, 0.2) is 24.3 Å². The molecule has 2 N–H and O–H groups in total. The molecule has 0 aliphatic heterocycles. The Morgan fingerprint density at radius 2 is 2.00 bits per heavy atom. The smallest absolute Gasteiger partial charge is 0.326 e. The van der Waals surface area contributed by atoms with Crippen molar-refractivity contribution in [2.75, 3.05) is 20.8 Å². The average Bonchev–Trinajstić information content (AvgIpc) is 2.45. The Balaban J connectivity index is 2.56. The Morgan fingerprint density at radius 1 is 1.38 bits per heavy atom. The van der Waals surface area contributed by atoms with Gasteiger partial charge < -0.3 is 20.1 Å². The fourth-order valence-electron chi connectivity index (χ4n) is 1.69. The molecule has 0 saturated carbocycles. The molecule has 0 radical (unpaired) electrons. The SMILES string of the molecule is COCCC(NC(=O)N(C)Cc1ccc(F)cc1)C(=O)O. The van der Waals surface area contributed by atoms with E-state index in [1.807, 2.05) is 0 Å². The van der Waals surface area contributed by atoms with E-state index in [-0.39, 0.29) is 25.4 Å². The van der Waals surface area contributed by atoms with Crippen LogP contribution in [0.25, 0.3) is 0 Å². The van der Waals surface area contributed by atoms with Gasteiger partial charge in [-0.2, -0.15) is 0 Å². The number of carbonyl (C=O) groups excluding carboxylic acids is 1. The zero-order chi connectivity index (χ0) is 15.8. The van der Waals surface area contributed by atoms with E-state index >= 15 is 0 Å². The lowest BCUT2D eigenvalue weighted by Gasteiger charge is -2.21. The second-order valence-electron chi connectivity index (χ2n) is 4.60. The highest BCUT2D eigenvalue weighted by atomic mass is 19.1. The number of hydrogen-bond acceptors (Lipinski definition) is 3. The molecule has 1 aromatic rings. The van der Waals surface area contributed by atoms with E-state index in [4.69, 9.17) is 9.84 Å². The normalized spacial score (nSPS) is 11.8. The number of halogens is 1. The maximum atomic E-state index is 12.8. The molecular formula is C14H19FN2O4. The van der Waals surface area contributed by atoms with Gasteiger partial charge in [-0.15, -0.1) is 0 Å². The van der Waals surface area contributed by atoms with Gasteiger partial charge in [-0.25, -0.2) is 14.0 Å². The van der Waals surface area contributed by atoms with Gasteiger partial charge >= 0.3 is 12.0 Å². The molecule has 0 aliphatic rings. The third-order valence-corrected chi connectivity index (χ3v) is 2.89. The summed E-state index contributed by atoms with van der Waals surface area (Å²) in [6.45, 7) is 0.488. The summed E-state index contributed by atoms with van der Waals surface area (Å²) in [7, 11) is 3.00. The first-order valence-corrected chi connectivity index (χ1v) is 6.42. The molecule has 0 spiro atoms. The molecule has 0 aromatic heterocycles. The molecule has 7 heteroatoms. The number of carboxylic acids is 1. The molecule has 1 unspecified atom stereocenters. The van der Waals surface area contributed by atoms with Crippen molar-refractivity contribution in [3.8, 4) is 0 Å². The Hall–Kier alpha value is -2.15. The number of carbonyl (C=O) groups is 2. The van der Waals surface area contributed by atoms with Crippen LogP contribution < -0.4 is 5.32 Å². The molecule has 2 amide bonds. The van der Waals surface area contributed by atoms with E-state index in [0.29, 0.717) is 0 Å². The molecule has 0 fully saturated rings. The number of hydrogen-bond donors (Lipinski definition) is 2. The van der Waals surface area contributed by atoms with Crippen molar-refractivity contribution in [3.05, 3.63) is 35.6 Å². The monoisotopic (exact) mass is 298 g/mol. The van der Waals surface area contributed by atoms with Gasteiger partial charge in [0.25, 0.3) is 0 Å². The van der Waals surface area contributed by atoms with Crippen molar-refractivity contribution in [2.24, 2.45) is 0 Å². The van der Waals surface area contributed by atoms with E-state index in [9.17, 15) is 14.0 Å². The number of amides is 2. The first-order chi connectivity index (χ1) is 9.93. The minimum absolute atomic E-state index is 0.183. The summed E-state index contributed by atoms with van der Waals surface area (Å²) >= 11 is 0. The zero-order valence-electron chi connectivity index (χ0n) is 12.0. The quantitative estimate of drug-likeness (QED) is 0.798. The van der Waals surface area contributed by atoms with Crippen LogP contribution in [-0.2, 0) is 16.1 Å². The molecule has 0 bridgehead atoms. The highest BCUT2D eigenvalue weighted by molar-refractivity contribution is 5.82. The highest BCUT2D eigenvalue weighted by Crippen LogP contribution is 2.06. The minimum atomic E-state index is -1.12. The second kappa shape index (κ2) is 8.21. The van der Waals surface area contributed by atoms with E-state index in [0.717, 1.165) is 5.56 Å². The van der Waals surface area contributed by atoms with Gasteiger partial charge in [0, 0.05) is 33.7 Å². The fourth-order valence-corrected chi connectivity index (χ4v) is 1.69. The summed E-state index contributed by atoms with van der Waals surface area (Å²) in [5.74, 6) is -1.47. The maximum absolute atomic E-state index is 12.8. The molecule has 1 aromatic carbocycles. The van der Waals surface area contributed by atoms with Crippen LogP contribution in [0.5, 0.6) is 0 Å². The average molecular weight is 298 g/mol. The van der Waals surface area contributed by atoms with Crippen LogP contribution in [0.2, 0.25) is 0 Å². The molecule has 0 heterocycles. The number of carboxylic acid groups (broad SMARTS) is 1. The number of urea groups is 1. The van der Waals surface area contributed by atoms with Gasteiger partial charge in [-0.05, 0) is 17.7 Å². The molecule has 116 valence electrons. The number of nitrogens with one attached hydrogen (secondary N) is 1. The van der Waals surface area contributed by atoms with Crippen molar-refractivity contribution in [1.82, 2.24) is 10.2 Å². The largest absolute Gasteiger partial charge is 0.480 e. The van der Waals surface area contributed by atoms with E-state index in [1.165, 1.54) is 31.2 Å². The minimum Gasteiger partial charge on any atom is -0.480 e. The summed E-state index contributed by atoms with van der Waals surface area (Å²) in [5.41, 5.74) is 0.748. The number of nitrogens with zero attached hydrogens (tertiary/aromatic N) is 1. The molecule has 1 rings (SSSR count). The van der Waals surface area contributed by atoms with Gasteiger partial charge in [-0.1, -0.05) is 12.1 Å². The van der Waals surface area contributed by atoms with Crippen LogP contribution in [0.4, 0.5) is 9.18 Å². The van der Waals surface area contributed by atoms with Gasteiger partial charge in [0.05, 0.1) is 0 Å². The highest BCUT2D eigenvalue weighted by Gasteiger charge is 2.21. The second-order valence-corrected chi connectivity index (χ2v) is 4.60. The summed E-state index contributed by atoms with van der Waals surface area (Å²) in [4.78, 5) is 24.3. The van der Waals surface area contributed by atoms with E-state index in [1.54, 1.807) is 12.1 Å². The molecule has 0 saturated heterocycles. The predicted molar refractivity (Wildman–Crippen MR) is 74.3 cm³/mol. The Bertz CT molecular complexity index is 478. The van der Waals surface area contributed by atoms with Crippen LogP contribution in [0.3, 0.4) is 0 Å². The summed E-state index contributed by atoms with van der Waals surface area (Å²) in [6, 6.07) is 4.23. The van der Waals surface area contributed by atoms with Crippen molar-refractivity contribution >= 4 is 12.0 Å². The third kappa shape index (κ3) is 5.78. The zero-order valence-corrected chi connectivity index (χ0v) is 12.0. The van der Waals surface area contributed by atoms with Crippen molar-refractivity contribution in [1.29, 1.82) is 0 Å². The standard InChI is InChI=1S/C14H19FN2O4/c1-17(9-10-3-5-11(15)6-4-10)14(20)16-12(13(18)19)7-8-21-2/h3-6,12H,7-9H2,1-2H3,(H,16,20)(H,18,19). The number of benzene rings is 1. The number of methoxy groups -OCH3 is 1. The van der Waals surface area contributed by atoms with Crippen LogP contribution in [0, 0.1) is 5.82 Å². The number of rotatable bonds is 7. The van der Waals surface area contributed by atoms with Gasteiger partial charge in [0.2, 0.25) is 0 Å². The predicted octanol–water partition coefficient (Wildman–Crippen LogP) is 1.46. The number of aliphatic carboxylic acids is 1. The van der Waals surface area contributed by atoms with Gasteiger partial charge in [0.1, 0.15) is 11.9 Å². The number of ether oxygens (including phenoxy) is 1. The lowest BCUT2D eigenvalue weighted by atomic mass is 10.2.